The summed E-state index contributed by atoms with van der Waals surface area (Å²) in [7, 11) is 3.19. The van der Waals surface area contributed by atoms with E-state index in [4.69, 9.17) is 18.9 Å². The second-order valence-electron chi connectivity index (χ2n) is 7.08. The lowest BCUT2D eigenvalue weighted by Gasteiger charge is -2.15. The summed E-state index contributed by atoms with van der Waals surface area (Å²) < 4.78 is 22.2. The Labute approximate surface area is 192 Å². The highest BCUT2D eigenvalue weighted by atomic mass is 32.1. The maximum Gasteiger partial charge on any atom is 0.161 e. The van der Waals surface area contributed by atoms with Gasteiger partial charge < -0.3 is 18.9 Å². The number of nitriles is 1. The quantitative estimate of drug-likeness (QED) is 0.368. The number of benzene rings is 2. The first-order chi connectivity index (χ1) is 15.5. The van der Waals surface area contributed by atoms with Gasteiger partial charge in [0.1, 0.15) is 11.1 Å². The standard InChI is InChI=1S/C25H26N2O4S/c1-6-30-24-12-17(7-9-22(24)31-16(2)3)11-19(14-26)25-27-20(15-32-25)18-8-10-21(28-4)23(13-18)29-5/h7-13,15-16H,6H2,1-5H3. The zero-order valence-electron chi connectivity index (χ0n) is 18.8. The minimum absolute atomic E-state index is 0.0376. The van der Waals surface area contributed by atoms with Gasteiger partial charge in [0.25, 0.3) is 0 Å². The molecule has 6 nitrogen and oxygen atoms in total. The lowest BCUT2D eigenvalue weighted by Crippen LogP contribution is -2.07. The van der Waals surface area contributed by atoms with Crippen molar-refractivity contribution in [2.75, 3.05) is 20.8 Å². The number of hydrogen-bond donors (Lipinski definition) is 0. The fraction of sp³-hybridized carbons (Fsp3) is 0.280. The lowest BCUT2D eigenvalue weighted by molar-refractivity contribution is 0.224. The van der Waals surface area contributed by atoms with Gasteiger partial charge in [0.15, 0.2) is 23.0 Å². The molecular formula is C25H26N2O4S. The van der Waals surface area contributed by atoms with Crippen molar-refractivity contribution in [2.45, 2.75) is 26.9 Å². The Kier molecular flexibility index (Phi) is 7.74. The van der Waals surface area contributed by atoms with Crippen LogP contribution in [0.1, 0.15) is 31.3 Å². The molecule has 0 aliphatic heterocycles. The van der Waals surface area contributed by atoms with E-state index in [-0.39, 0.29) is 6.10 Å². The molecule has 3 aromatic rings. The van der Waals surface area contributed by atoms with Crippen molar-refractivity contribution in [1.29, 1.82) is 5.26 Å². The molecule has 0 spiro atoms. The fourth-order valence-corrected chi connectivity index (χ4v) is 3.86. The molecule has 0 saturated heterocycles. The highest BCUT2D eigenvalue weighted by molar-refractivity contribution is 7.11. The van der Waals surface area contributed by atoms with E-state index in [2.05, 4.69) is 11.1 Å². The second-order valence-corrected chi connectivity index (χ2v) is 7.94. The smallest absolute Gasteiger partial charge is 0.161 e. The number of methoxy groups -OCH3 is 2. The van der Waals surface area contributed by atoms with Crippen LogP contribution in [-0.2, 0) is 0 Å². The van der Waals surface area contributed by atoms with Crippen molar-refractivity contribution >= 4 is 23.0 Å². The second kappa shape index (κ2) is 10.7. The summed E-state index contributed by atoms with van der Waals surface area (Å²) >= 11 is 1.42. The number of rotatable bonds is 9. The molecule has 7 heteroatoms. The van der Waals surface area contributed by atoms with Crippen LogP contribution in [0.15, 0.2) is 41.8 Å². The van der Waals surface area contributed by atoms with Gasteiger partial charge in [-0.05, 0) is 62.7 Å². The average molecular weight is 451 g/mol. The Bertz CT molecular complexity index is 1150. The molecule has 1 heterocycles. The molecule has 0 atom stereocenters. The number of allylic oxidation sites excluding steroid dienone is 1. The minimum Gasteiger partial charge on any atom is -0.493 e. The summed E-state index contributed by atoms with van der Waals surface area (Å²) in [4.78, 5) is 4.67. The molecule has 0 radical (unpaired) electrons. The molecule has 3 rings (SSSR count). The van der Waals surface area contributed by atoms with Crippen LogP contribution in [-0.4, -0.2) is 31.9 Å². The van der Waals surface area contributed by atoms with Crippen molar-refractivity contribution < 1.29 is 18.9 Å². The van der Waals surface area contributed by atoms with Crippen LogP contribution in [0.5, 0.6) is 23.0 Å². The third kappa shape index (κ3) is 5.40. The molecular weight excluding hydrogens is 424 g/mol. The highest BCUT2D eigenvalue weighted by Crippen LogP contribution is 2.35. The molecule has 0 saturated carbocycles. The zero-order valence-corrected chi connectivity index (χ0v) is 19.7. The Balaban J connectivity index is 1.92. The van der Waals surface area contributed by atoms with E-state index in [1.807, 2.05) is 62.5 Å². The van der Waals surface area contributed by atoms with Crippen molar-refractivity contribution in [3.63, 3.8) is 0 Å². The Morgan fingerprint density at radius 2 is 1.81 bits per heavy atom. The molecule has 0 aliphatic rings. The van der Waals surface area contributed by atoms with Gasteiger partial charge >= 0.3 is 0 Å². The van der Waals surface area contributed by atoms with Gasteiger partial charge in [0.05, 0.1) is 38.2 Å². The number of nitrogens with zero attached hydrogens (tertiary/aromatic N) is 2. The van der Waals surface area contributed by atoms with E-state index in [1.165, 1.54) is 11.3 Å². The number of hydrogen-bond acceptors (Lipinski definition) is 7. The van der Waals surface area contributed by atoms with Crippen LogP contribution in [0.25, 0.3) is 22.9 Å². The predicted octanol–water partition coefficient (Wildman–Crippen LogP) is 6.08. The van der Waals surface area contributed by atoms with Gasteiger partial charge in [-0.15, -0.1) is 11.3 Å². The molecule has 166 valence electrons. The Hall–Kier alpha value is -3.50. The van der Waals surface area contributed by atoms with Crippen LogP contribution in [0.4, 0.5) is 0 Å². The van der Waals surface area contributed by atoms with E-state index >= 15 is 0 Å². The normalized spacial score (nSPS) is 11.2. The lowest BCUT2D eigenvalue weighted by atomic mass is 10.1. The van der Waals surface area contributed by atoms with Crippen molar-refractivity contribution in [3.8, 4) is 40.3 Å². The van der Waals surface area contributed by atoms with Crippen molar-refractivity contribution in [2.24, 2.45) is 0 Å². The zero-order chi connectivity index (χ0) is 23.1. The topological polar surface area (TPSA) is 73.6 Å². The van der Waals surface area contributed by atoms with Crippen LogP contribution < -0.4 is 18.9 Å². The van der Waals surface area contributed by atoms with Crippen LogP contribution in [0, 0.1) is 11.3 Å². The summed E-state index contributed by atoms with van der Waals surface area (Å²) in [5.41, 5.74) is 2.96. The van der Waals surface area contributed by atoms with E-state index in [1.54, 1.807) is 20.3 Å². The average Bonchev–Trinajstić information content (AvgIpc) is 3.28. The Morgan fingerprint density at radius 1 is 1.06 bits per heavy atom. The molecule has 0 aliphatic carbocycles. The van der Waals surface area contributed by atoms with Gasteiger partial charge in [-0.25, -0.2) is 4.98 Å². The SMILES string of the molecule is CCOc1cc(C=C(C#N)c2nc(-c3ccc(OC)c(OC)c3)cs2)ccc1OC(C)C. The van der Waals surface area contributed by atoms with E-state index in [0.29, 0.717) is 40.2 Å². The maximum absolute atomic E-state index is 9.77. The van der Waals surface area contributed by atoms with Crippen LogP contribution >= 0.6 is 11.3 Å². The largest absolute Gasteiger partial charge is 0.493 e. The molecule has 32 heavy (non-hydrogen) atoms. The minimum atomic E-state index is 0.0376. The first-order valence-electron chi connectivity index (χ1n) is 10.2. The van der Waals surface area contributed by atoms with Gasteiger partial charge in [0, 0.05) is 10.9 Å². The summed E-state index contributed by atoms with van der Waals surface area (Å²) in [5, 5.41) is 12.3. The molecule has 1 aromatic heterocycles. The van der Waals surface area contributed by atoms with Gasteiger partial charge in [0.2, 0.25) is 0 Å². The van der Waals surface area contributed by atoms with E-state index in [9.17, 15) is 5.26 Å². The first kappa shape index (κ1) is 23.2. The van der Waals surface area contributed by atoms with E-state index in [0.717, 1.165) is 16.8 Å². The first-order valence-corrected chi connectivity index (χ1v) is 11.1. The van der Waals surface area contributed by atoms with Gasteiger partial charge in [-0.2, -0.15) is 5.26 Å². The number of ether oxygens (including phenoxy) is 4. The van der Waals surface area contributed by atoms with Crippen LogP contribution in [0.3, 0.4) is 0 Å². The third-order valence-corrected chi connectivity index (χ3v) is 5.35. The van der Waals surface area contributed by atoms with Crippen LogP contribution in [0.2, 0.25) is 0 Å². The third-order valence-electron chi connectivity index (χ3n) is 4.48. The highest BCUT2D eigenvalue weighted by Gasteiger charge is 2.13. The fourth-order valence-electron chi connectivity index (χ4n) is 3.07. The molecule has 0 unspecified atom stereocenters. The maximum atomic E-state index is 9.77. The molecule has 0 amide bonds. The molecule has 0 bridgehead atoms. The summed E-state index contributed by atoms with van der Waals surface area (Å²) in [5.74, 6) is 2.61. The van der Waals surface area contributed by atoms with E-state index < -0.39 is 0 Å². The monoisotopic (exact) mass is 450 g/mol. The summed E-state index contributed by atoms with van der Waals surface area (Å²) in [6, 6.07) is 13.5. The van der Waals surface area contributed by atoms with Gasteiger partial charge in [-0.3, -0.25) is 0 Å². The van der Waals surface area contributed by atoms with Gasteiger partial charge in [-0.1, -0.05) is 6.07 Å². The van der Waals surface area contributed by atoms with Crippen molar-refractivity contribution in [3.05, 3.63) is 52.3 Å². The molecule has 2 aromatic carbocycles. The predicted molar refractivity (Wildman–Crippen MR) is 128 cm³/mol. The number of thiazole rings is 1. The summed E-state index contributed by atoms with van der Waals surface area (Å²) in [6.07, 6.45) is 1.84. The Morgan fingerprint density at radius 3 is 2.47 bits per heavy atom. The van der Waals surface area contributed by atoms with Crippen molar-refractivity contribution in [1.82, 2.24) is 4.98 Å². The summed E-state index contributed by atoms with van der Waals surface area (Å²) in [6.45, 7) is 6.38. The molecule has 0 fully saturated rings. The molecule has 0 N–H and O–H groups in total. The number of aromatic nitrogens is 1.